The van der Waals surface area contributed by atoms with Crippen molar-refractivity contribution >= 4 is 0 Å². The van der Waals surface area contributed by atoms with Gasteiger partial charge in [0.25, 0.3) is 0 Å². The van der Waals surface area contributed by atoms with Crippen molar-refractivity contribution in [2.45, 2.75) is 45.3 Å². The number of hydrogen-bond donors (Lipinski definition) is 1. The lowest BCUT2D eigenvalue weighted by Crippen LogP contribution is -2.14. The Morgan fingerprint density at radius 1 is 1.42 bits per heavy atom. The summed E-state index contributed by atoms with van der Waals surface area (Å²) in [6.45, 7) is 5.82. The van der Waals surface area contributed by atoms with Crippen LogP contribution in [-0.2, 0) is 11.3 Å². The Morgan fingerprint density at radius 3 is 3.16 bits per heavy atom. The molecule has 0 saturated carbocycles. The molecule has 3 heteroatoms. The van der Waals surface area contributed by atoms with Crippen molar-refractivity contribution < 1.29 is 9.47 Å². The third-order valence-electron chi connectivity index (χ3n) is 3.39. The molecule has 0 bridgehead atoms. The van der Waals surface area contributed by atoms with Gasteiger partial charge in [-0.1, -0.05) is 19.1 Å². The molecular weight excluding hydrogens is 238 g/mol. The Hall–Kier alpha value is -1.06. The van der Waals surface area contributed by atoms with Gasteiger partial charge >= 0.3 is 0 Å². The molecule has 1 aliphatic rings. The average Bonchev–Trinajstić information content (AvgIpc) is 2.93. The lowest BCUT2D eigenvalue weighted by atomic mass is 10.2. The summed E-state index contributed by atoms with van der Waals surface area (Å²) in [5.74, 6) is 0.966. The standard InChI is InChI=1S/C16H25NO2/c1-2-9-17-13-14-5-3-6-16(12-14)19-11-8-15-7-4-10-18-15/h3,5-6,12,15,17H,2,4,7-11,13H2,1H3. The molecule has 1 saturated heterocycles. The van der Waals surface area contributed by atoms with E-state index in [1.807, 2.05) is 6.07 Å². The van der Waals surface area contributed by atoms with Crippen LogP contribution in [0.15, 0.2) is 24.3 Å². The zero-order valence-corrected chi connectivity index (χ0v) is 11.9. The highest BCUT2D eigenvalue weighted by molar-refractivity contribution is 5.28. The highest BCUT2D eigenvalue weighted by atomic mass is 16.5. The molecule has 1 aromatic carbocycles. The maximum Gasteiger partial charge on any atom is 0.119 e. The van der Waals surface area contributed by atoms with Crippen LogP contribution >= 0.6 is 0 Å². The highest BCUT2D eigenvalue weighted by Crippen LogP contribution is 2.17. The van der Waals surface area contributed by atoms with Crippen molar-refractivity contribution in [1.82, 2.24) is 5.32 Å². The van der Waals surface area contributed by atoms with Gasteiger partial charge in [-0.2, -0.15) is 0 Å². The second-order valence-corrected chi connectivity index (χ2v) is 5.10. The Balaban J connectivity index is 1.71. The predicted molar refractivity (Wildman–Crippen MR) is 77.5 cm³/mol. The maximum atomic E-state index is 5.81. The van der Waals surface area contributed by atoms with E-state index >= 15 is 0 Å². The van der Waals surface area contributed by atoms with Crippen LogP contribution in [0.2, 0.25) is 0 Å². The van der Waals surface area contributed by atoms with Gasteiger partial charge < -0.3 is 14.8 Å². The molecule has 1 N–H and O–H groups in total. The molecular formula is C16H25NO2. The quantitative estimate of drug-likeness (QED) is 0.731. The van der Waals surface area contributed by atoms with Crippen molar-refractivity contribution in [3.05, 3.63) is 29.8 Å². The van der Waals surface area contributed by atoms with E-state index in [-0.39, 0.29) is 0 Å². The van der Waals surface area contributed by atoms with Crippen LogP contribution in [0.5, 0.6) is 5.75 Å². The minimum absolute atomic E-state index is 0.411. The molecule has 106 valence electrons. The van der Waals surface area contributed by atoms with E-state index in [0.717, 1.165) is 44.9 Å². The van der Waals surface area contributed by atoms with E-state index < -0.39 is 0 Å². The molecule has 0 radical (unpaired) electrons. The highest BCUT2D eigenvalue weighted by Gasteiger charge is 2.14. The number of ether oxygens (including phenoxy) is 2. The summed E-state index contributed by atoms with van der Waals surface area (Å²) in [5, 5.41) is 3.40. The summed E-state index contributed by atoms with van der Waals surface area (Å²) in [6.07, 6.45) is 4.96. The first-order chi connectivity index (χ1) is 9.38. The molecule has 0 aromatic heterocycles. The lowest BCUT2D eigenvalue weighted by molar-refractivity contribution is 0.0903. The summed E-state index contributed by atoms with van der Waals surface area (Å²) >= 11 is 0. The summed E-state index contributed by atoms with van der Waals surface area (Å²) in [7, 11) is 0. The molecule has 1 atom stereocenters. The predicted octanol–water partition coefficient (Wildman–Crippen LogP) is 3.13. The molecule has 2 rings (SSSR count). The summed E-state index contributed by atoms with van der Waals surface area (Å²) in [4.78, 5) is 0. The summed E-state index contributed by atoms with van der Waals surface area (Å²) in [5.41, 5.74) is 1.28. The Kier molecular flexibility index (Phi) is 6.18. The molecule has 0 amide bonds. The monoisotopic (exact) mass is 263 g/mol. The largest absolute Gasteiger partial charge is 0.493 e. The van der Waals surface area contributed by atoms with Crippen molar-refractivity contribution in [1.29, 1.82) is 0 Å². The first-order valence-corrected chi connectivity index (χ1v) is 7.42. The van der Waals surface area contributed by atoms with Crippen LogP contribution in [0.1, 0.15) is 38.2 Å². The van der Waals surface area contributed by atoms with E-state index in [0.29, 0.717) is 6.10 Å². The second kappa shape index (κ2) is 8.18. The molecule has 1 fully saturated rings. The molecule has 0 aliphatic carbocycles. The third kappa shape index (κ3) is 5.21. The minimum Gasteiger partial charge on any atom is -0.493 e. The van der Waals surface area contributed by atoms with Gasteiger partial charge in [0.15, 0.2) is 0 Å². The van der Waals surface area contributed by atoms with Gasteiger partial charge in [0.1, 0.15) is 5.75 Å². The van der Waals surface area contributed by atoms with Crippen LogP contribution < -0.4 is 10.1 Å². The average molecular weight is 263 g/mol. The zero-order chi connectivity index (χ0) is 13.3. The SMILES string of the molecule is CCCNCc1cccc(OCCC2CCCO2)c1. The van der Waals surface area contributed by atoms with Gasteiger partial charge in [0.2, 0.25) is 0 Å². The smallest absolute Gasteiger partial charge is 0.119 e. The zero-order valence-electron chi connectivity index (χ0n) is 11.9. The summed E-state index contributed by atoms with van der Waals surface area (Å²) < 4.78 is 11.4. The van der Waals surface area contributed by atoms with Gasteiger partial charge in [0.05, 0.1) is 12.7 Å². The van der Waals surface area contributed by atoms with Crippen molar-refractivity contribution in [3.63, 3.8) is 0 Å². The number of hydrogen-bond acceptors (Lipinski definition) is 3. The molecule has 1 heterocycles. The normalized spacial score (nSPS) is 18.7. The van der Waals surface area contributed by atoms with Crippen molar-refractivity contribution in [3.8, 4) is 5.75 Å². The van der Waals surface area contributed by atoms with Crippen molar-refractivity contribution in [2.24, 2.45) is 0 Å². The van der Waals surface area contributed by atoms with Gasteiger partial charge in [-0.25, -0.2) is 0 Å². The van der Waals surface area contributed by atoms with Gasteiger partial charge in [0, 0.05) is 19.6 Å². The first-order valence-electron chi connectivity index (χ1n) is 7.42. The van der Waals surface area contributed by atoms with E-state index in [2.05, 4.69) is 30.4 Å². The number of rotatable bonds is 8. The Morgan fingerprint density at radius 2 is 2.37 bits per heavy atom. The van der Waals surface area contributed by atoms with E-state index in [9.17, 15) is 0 Å². The molecule has 1 aliphatic heterocycles. The fourth-order valence-electron chi connectivity index (χ4n) is 2.33. The summed E-state index contributed by atoms with van der Waals surface area (Å²) in [6, 6.07) is 8.34. The lowest BCUT2D eigenvalue weighted by Gasteiger charge is -2.11. The third-order valence-corrected chi connectivity index (χ3v) is 3.39. The minimum atomic E-state index is 0.411. The van der Waals surface area contributed by atoms with Gasteiger partial charge in [-0.15, -0.1) is 0 Å². The van der Waals surface area contributed by atoms with E-state index in [4.69, 9.17) is 9.47 Å². The van der Waals surface area contributed by atoms with Crippen LogP contribution in [0.3, 0.4) is 0 Å². The number of nitrogens with one attached hydrogen (secondary N) is 1. The van der Waals surface area contributed by atoms with Crippen LogP contribution in [0, 0.1) is 0 Å². The van der Waals surface area contributed by atoms with Crippen LogP contribution in [0.4, 0.5) is 0 Å². The molecule has 0 spiro atoms. The molecule has 1 aromatic rings. The van der Waals surface area contributed by atoms with Gasteiger partial charge in [-0.05, 0) is 43.5 Å². The molecule has 3 nitrogen and oxygen atoms in total. The molecule has 19 heavy (non-hydrogen) atoms. The first kappa shape index (κ1) is 14.4. The van der Waals surface area contributed by atoms with E-state index in [1.54, 1.807) is 0 Å². The fourth-order valence-corrected chi connectivity index (χ4v) is 2.33. The van der Waals surface area contributed by atoms with Crippen LogP contribution in [-0.4, -0.2) is 25.9 Å². The fraction of sp³-hybridized carbons (Fsp3) is 0.625. The van der Waals surface area contributed by atoms with E-state index in [1.165, 1.54) is 18.4 Å². The van der Waals surface area contributed by atoms with Gasteiger partial charge in [-0.3, -0.25) is 0 Å². The van der Waals surface area contributed by atoms with Crippen molar-refractivity contribution in [2.75, 3.05) is 19.8 Å². The van der Waals surface area contributed by atoms with Crippen LogP contribution in [0.25, 0.3) is 0 Å². The molecule has 1 unspecified atom stereocenters. The maximum absolute atomic E-state index is 5.81. The Bertz CT molecular complexity index is 362. The topological polar surface area (TPSA) is 30.5 Å². The second-order valence-electron chi connectivity index (χ2n) is 5.10. The Labute approximate surface area is 116 Å². The number of benzene rings is 1.